The summed E-state index contributed by atoms with van der Waals surface area (Å²) in [6.45, 7) is 4.58. The van der Waals surface area contributed by atoms with Crippen molar-refractivity contribution in [3.8, 4) is 0 Å². The highest BCUT2D eigenvalue weighted by atomic mass is 35.5. The molecule has 0 spiro atoms. The number of rotatable bonds is 4. The third kappa shape index (κ3) is 2.73. The van der Waals surface area contributed by atoms with Crippen LogP contribution in [-0.2, 0) is 0 Å². The van der Waals surface area contributed by atoms with E-state index in [4.69, 9.17) is 11.6 Å². The molecule has 2 aliphatic carbocycles. The van der Waals surface area contributed by atoms with Crippen LogP contribution in [0.3, 0.4) is 0 Å². The molecule has 3 rings (SSSR count). The first-order valence-electron chi connectivity index (χ1n) is 7.33. The van der Waals surface area contributed by atoms with Crippen LogP contribution in [0.4, 0.5) is 0 Å². The molecule has 1 saturated carbocycles. The van der Waals surface area contributed by atoms with Crippen molar-refractivity contribution in [2.45, 2.75) is 38.8 Å². The van der Waals surface area contributed by atoms with E-state index in [2.05, 4.69) is 43.4 Å². The van der Waals surface area contributed by atoms with Crippen LogP contribution in [-0.4, -0.2) is 6.04 Å². The van der Waals surface area contributed by atoms with Gasteiger partial charge in [-0.25, -0.2) is 0 Å². The molecule has 0 radical (unpaired) electrons. The zero-order valence-corrected chi connectivity index (χ0v) is 12.4. The molecule has 102 valence electrons. The average Bonchev–Trinajstić information content (AvgIpc) is 3.01. The van der Waals surface area contributed by atoms with E-state index in [1.165, 1.54) is 18.4 Å². The van der Waals surface area contributed by atoms with E-state index in [0.717, 1.165) is 22.8 Å². The molecular weight excluding hydrogens is 254 g/mol. The lowest BCUT2D eigenvalue weighted by Gasteiger charge is -2.29. The van der Waals surface area contributed by atoms with Gasteiger partial charge in [0.15, 0.2) is 0 Å². The van der Waals surface area contributed by atoms with Crippen LogP contribution in [0.15, 0.2) is 36.4 Å². The van der Waals surface area contributed by atoms with Gasteiger partial charge in [-0.15, -0.1) is 0 Å². The Hall–Kier alpha value is -0.790. The molecule has 1 nitrogen and oxygen atoms in total. The summed E-state index contributed by atoms with van der Waals surface area (Å²) >= 11 is 5.94. The first-order chi connectivity index (χ1) is 9.13. The smallest absolute Gasteiger partial charge is 0.0406 e. The number of nitrogens with one attached hydrogen (secondary N) is 1. The van der Waals surface area contributed by atoms with Gasteiger partial charge in [-0.05, 0) is 62.1 Å². The number of hydrogen-bond acceptors (Lipinski definition) is 1. The van der Waals surface area contributed by atoms with Crippen molar-refractivity contribution in [1.29, 1.82) is 0 Å². The Morgan fingerprint density at radius 2 is 1.84 bits per heavy atom. The molecule has 0 saturated heterocycles. The minimum absolute atomic E-state index is 0.385. The summed E-state index contributed by atoms with van der Waals surface area (Å²) in [4.78, 5) is 0. The maximum Gasteiger partial charge on any atom is 0.0406 e. The standard InChI is InChI=1S/C17H22ClN/c1-11(14-5-7-16(18)8-6-14)19-12(2)17-10-13-3-4-15(17)9-13/h3-8,11-13,15,17,19H,9-10H2,1-2H3. The van der Waals surface area contributed by atoms with Crippen LogP contribution in [0, 0.1) is 17.8 Å². The van der Waals surface area contributed by atoms with E-state index < -0.39 is 0 Å². The fourth-order valence-corrected chi connectivity index (χ4v) is 3.89. The predicted molar refractivity (Wildman–Crippen MR) is 81.3 cm³/mol. The molecule has 5 unspecified atom stereocenters. The first kappa shape index (κ1) is 13.2. The summed E-state index contributed by atoms with van der Waals surface area (Å²) in [6, 6.07) is 9.14. The molecule has 0 heterocycles. The van der Waals surface area contributed by atoms with Crippen LogP contribution in [0.1, 0.15) is 38.3 Å². The molecule has 0 aromatic heterocycles. The van der Waals surface area contributed by atoms with Crippen molar-refractivity contribution >= 4 is 11.6 Å². The largest absolute Gasteiger partial charge is 0.307 e. The number of halogens is 1. The van der Waals surface area contributed by atoms with Gasteiger partial charge in [-0.1, -0.05) is 35.9 Å². The van der Waals surface area contributed by atoms with Crippen LogP contribution in [0.2, 0.25) is 5.02 Å². The van der Waals surface area contributed by atoms with Gasteiger partial charge >= 0.3 is 0 Å². The minimum Gasteiger partial charge on any atom is -0.307 e. The molecule has 0 aliphatic heterocycles. The lowest BCUT2D eigenvalue weighted by molar-refractivity contribution is 0.307. The van der Waals surface area contributed by atoms with E-state index in [9.17, 15) is 0 Å². The van der Waals surface area contributed by atoms with Crippen molar-refractivity contribution in [2.24, 2.45) is 17.8 Å². The average molecular weight is 276 g/mol. The summed E-state index contributed by atoms with van der Waals surface area (Å²) in [5.74, 6) is 2.47. The third-order valence-electron chi connectivity index (χ3n) is 4.86. The van der Waals surface area contributed by atoms with Crippen LogP contribution >= 0.6 is 11.6 Å². The second-order valence-electron chi connectivity index (χ2n) is 6.17. The van der Waals surface area contributed by atoms with E-state index in [1.807, 2.05) is 12.1 Å². The lowest BCUT2D eigenvalue weighted by atomic mass is 9.87. The molecular formula is C17H22ClN. The second-order valence-corrected chi connectivity index (χ2v) is 6.61. The van der Waals surface area contributed by atoms with Gasteiger partial charge in [0.25, 0.3) is 0 Å². The highest BCUT2D eigenvalue weighted by molar-refractivity contribution is 6.30. The molecule has 1 N–H and O–H groups in total. The fourth-order valence-electron chi connectivity index (χ4n) is 3.76. The lowest BCUT2D eigenvalue weighted by Crippen LogP contribution is -2.37. The SMILES string of the molecule is CC(NC(C)C1CC2C=CC1C2)c1ccc(Cl)cc1. The first-order valence-corrected chi connectivity index (χ1v) is 7.71. The topological polar surface area (TPSA) is 12.0 Å². The third-order valence-corrected chi connectivity index (χ3v) is 5.11. The maximum atomic E-state index is 5.94. The van der Waals surface area contributed by atoms with E-state index in [0.29, 0.717) is 12.1 Å². The normalized spacial score (nSPS) is 31.6. The zero-order chi connectivity index (χ0) is 13.4. The monoisotopic (exact) mass is 275 g/mol. The quantitative estimate of drug-likeness (QED) is 0.793. The molecule has 2 aliphatic rings. The summed E-state index contributed by atoms with van der Waals surface area (Å²) in [5.41, 5.74) is 1.31. The minimum atomic E-state index is 0.385. The number of benzene rings is 1. The van der Waals surface area contributed by atoms with Gasteiger partial charge in [0.05, 0.1) is 0 Å². The van der Waals surface area contributed by atoms with Gasteiger partial charge in [0, 0.05) is 17.1 Å². The Labute approximate surface area is 121 Å². The molecule has 1 aromatic carbocycles. The Morgan fingerprint density at radius 1 is 1.11 bits per heavy atom. The second kappa shape index (κ2) is 5.30. The number of fused-ring (bicyclic) bond motifs is 2. The van der Waals surface area contributed by atoms with Crippen molar-refractivity contribution < 1.29 is 0 Å². The van der Waals surface area contributed by atoms with Crippen molar-refractivity contribution in [3.05, 3.63) is 47.0 Å². The van der Waals surface area contributed by atoms with E-state index in [-0.39, 0.29) is 0 Å². The van der Waals surface area contributed by atoms with Gasteiger partial charge in [-0.3, -0.25) is 0 Å². The van der Waals surface area contributed by atoms with Gasteiger partial charge in [0.1, 0.15) is 0 Å². The van der Waals surface area contributed by atoms with Gasteiger partial charge in [0.2, 0.25) is 0 Å². The van der Waals surface area contributed by atoms with Crippen molar-refractivity contribution in [3.63, 3.8) is 0 Å². The van der Waals surface area contributed by atoms with Crippen molar-refractivity contribution in [2.75, 3.05) is 0 Å². The maximum absolute atomic E-state index is 5.94. The van der Waals surface area contributed by atoms with E-state index >= 15 is 0 Å². The Bertz CT molecular complexity index is 465. The van der Waals surface area contributed by atoms with E-state index in [1.54, 1.807) is 0 Å². The summed E-state index contributed by atoms with van der Waals surface area (Å²) < 4.78 is 0. The molecule has 1 fully saturated rings. The van der Waals surface area contributed by atoms with Crippen LogP contribution in [0.5, 0.6) is 0 Å². The van der Waals surface area contributed by atoms with Crippen LogP contribution in [0.25, 0.3) is 0 Å². The van der Waals surface area contributed by atoms with Crippen LogP contribution < -0.4 is 5.32 Å². The summed E-state index contributed by atoms with van der Waals surface area (Å²) in [6.07, 6.45) is 7.59. The molecule has 19 heavy (non-hydrogen) atoms. The predicted octanol–water partition coefficient (Wildman–Crippen LogP) is 4.59. The molecule has 2 heteroatoms. The Morgan fingerprint density at radius 3 is 2.42 bits per heavy atom. The van der Waals surface area contributed by atoms with Gasteiger partial charge in [-0.2, -0.15) is 0 Å². The molecule has 5 atom stereocenters. The molecule has 0 amide bonds. The fraction of sp³-hybridized carbons (Fsp3) is 0.529. The summed E-state index contributed by atoms with van der Waals surface area (Å²) in [7, 11) is 0. The van der Waals surface area contributed by atoms with Crippen molar-refractivity contribution in [1.82, 2.24) is 5.32 Å². The number of allylic oxidation sites excluding steroid dienone is 2. The summed E-state index contributed by atoms with van der Waals surface area (Å²) in [5, 5.41) is 4.57. The Kier molecular flexibility index (Phi) is 3.68. The number of hydrogen-bond donors (Lipinski definition) is 1. The Balaban J connectivity index is 1.61. The zero-order valence-electron chi connectivity index (χ0n) is 11.6. The molecule has 2 bridgehead atoms. The van der Waals surface area contributed by atoms with Gasteiger partial charge < -0.3 is 5.32 Å². The molecule has 1 aromatic rings. The highest BCUT2D eigenvalue weighted by Gasteiger charge is 2.38. The highest BCUT2D eigenvalue weighted by Crippen LogP contribution is 2.45.